The molecule has 0 aliphatic carbocycles. The minimum Gasteiger partial charge on any atom is -0.459 e. The summed E-state index contributed by atoms with van der Waals surface area (Å²) in [6.45, 7) is 0.225. The van der Waals surface area contributed by atoms with Crippen LogP contribution in [0.2, 0.25) is 0 Å². The van der Waals surface area contributed by atoms with E-state index < -0.39 is 0 Å². The molecule has 0 bridgehead atoms. The number of ether oxygens (including phenoxy) is 2. The first-order valence-corrected chi connectivity index (χ1v) is 7.13. The number of rotatable bonds is 4. The fraction of sp³-hybridized carbons (Fsp3) is 0.0625. The standard InChI is InChI=1S/C16H12N4O4/c21-16(12-2-1-7-22-12)18-15-6-5-14(19-20-15)17-10-3-4-11-13(8-10)24-9-23-11/h1-8H,9H2,(H,17,19)(H,18,20,21). The number of hydrogen-bond acceptors (Lipinski definition) is 7. The van der Waals surface area contributed by atoms with Gasteiger partial charge >= 0.3 is 0 Å². The van der Waals surface area contributed by atoms with Gasteiger partial charge in [0.25, 0.3) is 5.91 Å². The molecule has 0 saturated carbocycles. The Bertz CT molecular complexity index is 862. The van der Waals surface area contributed by atoms with E-state index in [1.165, 1.54) is 6.26 Å². The largest absolute Gasteiger partial charge is 0.459 e. The highest BCUT2D eigenvalue weighted by atomic mass is 16.7. The zero-order valence-corrected chi connectivity index (χ0v) is 12.4. The van der Waals surface area contributed by atoms with Gasteiger partial charge in [-0.3, -0.25) is 4.79 Å². The van der Waals surface area contributed by atoms with E-state index in [1.807, 2.05) is 18.2 Å². The molecule has 3 aromatic rings. The van der Waals surface area contributed by atoms with Crippen molar-refractivity contribution < 1.29 is 18.7 Å². The van der Waals surface area contributed by atoms with Gasteiger partial charge in [0.05, 0.1) is 6.26 Å². The van der Waals surface area contributed by atoms with Gasteiger partial charge in [-0.25, -0.2) is 0 Å². The van der Waals surface area contributed by atoms with Gasteiger partial charge in [0, 0.05) is 11.8 Å². The highest BCUT2D eigenvalue weighted by Gasteiger charge is 2.13. The number of fused-ring (bicyclic) bond motifs is 1. The normalized spacial score (nSPS) is 12.0. The summed E-state index contributed by atoms with van der Waals surface area (Å²) in [7, 11) is 0. The summed E-state index contributed by atoms with van der Waals surface area (Å²) in [5.74, 6) is 2.07. The van der Waals surface area contributed by atoms with Crippen molar-refractivity contribution in [2.24, 2.45) is 0 Å². The number of benzene rings is 1. The molecule has 3 heterocycles. The maximum Gasteiger partial charge on any atom is 0.292 e. The molecule has 0 spiro atoms. The quantitative estimate of drug-likeness (QED) is 0.761. The van der Waals surface area contributed by atoms with E-state index in [1.54, 1.807) is 24.3 Å². The van der Waals surface area contributed by atoms with Gasteiger partial charge in [-0.15, -0.1) is 10.2 Å². The fourth-order valence-corrected chi connectivity index (χ4v) is 2.17. The Hall–Kier alpha value is -3.55. The Morgan fingerprint density at radius 1 is 1.00 bits per heavy atom. The Morgan fingerprint density at radius 2 is 1.83 bits per heavy atom. The van der Waals surface area contributed by atoms with Crippen LogP contribution in [0.25, 0.3) is 0 Å². The van der Waals surface area contributed by atoms with Gasteiger partial charge in [0.1, 0.15) is 0 Å². The highest BCUT2D eigenvalue weighted by Crippen LogP contribution is 2.34. The molecule has 8 heteroatoms. The molecule has 2 aromatic heterocycles. The van der Waals surface area contributed by atoms with Gasteiger partial charge in [-0.05, 0) is 36.4 Å². The van der Waals surface area contributed by atoms with E-state index in [0.29, 0.717) is 23.1 Å². The van der Waals surface area contributed by atoms with E-state index in [4.69, 9.17) is 13.9 Å². The van der Waals surface area contributed by atoms with Crippen molar-refractivity contribution in [2.75, 3.05) is 17.4 Å². The average Bonchev–Trinajstić information content (AvgIpc) is 3.27. The Labute approximate surface area is 136 Å². The third-order valence-electron chi connectivity index (χ3n) is 3.30. The molecule has 1 amide bonds. The first-order chi connectivity index (χ1) is 11.8. The van der Waals surface area contributed by atoms with Crippen LogP contribution in [0, 0.1) is 0 Å². The van der Waals surface area contributed by atoms with Crippen LogP contribution in [0.1, 0.15) is 10.6 Å². The smallest absolute Gasteiger partial charge is 0.292 e. The van der Waals surface area contributed by atoms with Crippen molar-refractivity contribution in [2.45, 2.75) is 0 Å². The molecule has 24 heavy (non-hydrogen) atoms. The maximum atomic E-state index is 11.8. The van der Waals surface area contributed by atoms with E-state index in [-0.39, 0.29) is 18.5 Å². The van der Waals surface area contributed by atoms with Crippen molar-refractivity contribution in [1.29, 1.82) is 0 Å². The lowest BCUT2D eigenvalue weighted by Crippen LogP contribution is -2.12. The van der Waals surface area contributed by atoms with Gasteiger partial charge in [-0.1, -0.05) is 0 Å². The Balaban J connectivity index is 1.43. The second kappa shape index (κ2) is 5.92. The van der Waals surface area contributed by atoms with Crippen LogP contribution in [0.15, 0.2) is 53.1 Å². The number of nitrogens with one attached hydrogen (secondary N) is 2. The van der Waals surface area contributed by atoms with E-state index in [9.17, 15) is 4.79 Å². The van der Waals surface area contributed by atoms with Crippen LogP contribution >= 0.6 is 0 Å². The van der Waals surface area contributed by atoms with Crippen molar-refractivity contribution >= 4 is 23.2 Å². The predicted molar refractivity (Wildman–Crippen MR) is 84.5 cm³/mol. The molecule has 1 aromatic carbocycles. The number of carbonyl (C=O) groups is 1. The molecule has 4 rings (SSSR count). The van der Waals surface area contributed by atoms with Gasteiger partial charge in [0.2, 0.25) is 6.79 Å². The molecular formula is C16H12N4O4. The monoisotopic (exact) mass is 324 g/mol. The summed E-state index contributed by atoms with van der Waals surface area (Å²) in [6, 6.07) is 12.0. The zero-order valence-electron chi connectivity index (χ0n) is 12.4. The summed E-state index contributed by atoms with van der Waals surface area (Å²) >= 11 is 0. The summed E-state index contributed by atoms with van der Waals surface area (Å²) in [5, 5.41) is 13.7. The first-order valence-electron chi connectivity index (χ1n) is 7.13. The van der Waals surface area contributed by atoms with E-state index in [0.717, 1.165) is 5.69 Å². The van der Waals surface area contributed by atoms with Crippen molar-refractivity contribution in [3.05, 3.63) is 54.5 Å². The lowest BCUT2D eigenvalue weighted by Gasteiger charge is -2.07. The average molecular weight is 324 g/mol. The minimum atomic E-state index is -0.384. The molecule has 0 atom stereocenters. The third kappa shape index (κ3) is 2.84. The predicted octanol–water partition coefficient (Wildman–Crippen LogP) is 2.79. The maximum absolute atomic E-state index is 11.8. The zero-order chi connectivity index (χ0) is 16.4. The molecule has 8 nitrogen and oxygen atoms in total. The molecular weight excluding hydrogens is 312 g/mol. The van der Waals surface area contributed by atoms with Crippen molar-refractivity contribution in [1.82, 2.24) is 10.2 Å². The topological polar surface area (TPSA) is 98.5 Å². The molecule has 120 valence electrons. The molecule has 0 saturated heterocycles. The van der Waals surface area contributed by atoms with Crippen LogP contribution in [0.3, 0.4) is 0 Å². The number of furan rings is 1. The number of carbonyl (C=O) groups excluding carboxylic acids is 1. The summed E-state index contributed by atoms with van der Waals surface area (Å²) in [4.78, 5) is 11.8. The molecule has 0 unspecified atom stereocenters. The fourth-order valence-electron chi connectivity index (χ4n) is 2.17. The van der Waals surface area contributed by atoms with Crippen LogP contribution in [-0.2, 0) is 0 Å². The summed E-state index contributed by atoms with van der Waals surface area (Å²) in [6.07, 6.45) is 1.43. The molecule has 1 aliphatic rings. The molecule has 0 radical (unpaired) electrons. The van der Waals surface area contributed by atoms with Crippen LogP contribution in [0.4, 0.5) is 17.3 Å². The van der Waals surface area contributed by atoms with Gasteiger partial charge in [-0.2, -0.15) is 0 Å². The lowest BCUT2D eigenvalue weighted by atomic mass is 10.3. The Kier molecular flexibility index (Phi) is 3.47. The molecule has 2 N–H and O–H groups in total. The number of aromatic nitrogens is 2. The van der Waals surface area contributed by atoms with Gasteiger partial charge in [0.15, 0.2) is 28.9 Å². The van der Waals surface area contributed by atoms with Crippen molar-refractivity contribution in [3.63, 3.8) is 0 Å². The SMILES string of the molecule is O=C(Nc1ccc(Nc2ccc3c(c2)OCO3)nn1)c1ccco1. The highest BCUT2D eigenvalue weighted by molar-refractivity contribution is 6.01. The summed E-state index contributed by atoms with van der Waals surface area (Å²) < 4.78 is 15.6. The number of anilines is 3. The molecule has 0 fully saturated rings. The summed E-state index contributed by atoms with van der Waals surface area (Å²) in [5.41, 5.74) is 0.793. The van der Waals surface area contributed by atoms with Crippen LogP contribution in [-0.4, -0.2) is 22.9 Å². The number of nitrogens with zero attached hydrogens (tertiary/aromatic N) is 2. The van der Waals surface area contributed by atoms with Crippen molar-refractivity contribution in [3.8, 4) is 11.5 Å². The number of amides is 1. The van der Waals surface area contributed by atoms with E-state index in [2.05, 4.69) is 20.8 Å². The second-order valence-corrected chi connectivity index (χ2v) is 4.93. The second-order valence-electron chi connectivity index (χ2n) is 4.93. The third-order valence-corrected chi connectivity index (χ3v) is 3.30. The van der Waals surface area contributed by atoms with Crippen LogP contribution < -0.4 is 20.1 Å². The molecule has 1 aliphatic heterocycles. The minimum absolute atomic E-state index is 0.208. The lowest BCUT2D eigenvalue weighted by molar-refractivity contribution is 0.0996. The first kappa shape index (κ1) is 14.1. The van der Waals surface area contributed by atoms with Gasteiger partial charge < -0.3 is 24.5 Å². The number of hydrogen-bond donors (Lipinski definition) is 2. The Morgan fingerprint density at radius 3 is 2.62 bits per heavy atom. The van der Waals surface area contributed by atoms with Crippen LogP contribution in [0.5, 0.6) is 11.5 Å². The van der Waals surface area contributed by atoms with E-state index >= 15 is 0 Å².